The van der Waals surface area contributed by atoms with Crippen LogP contribution in [0.3, 0.4) is 0 Å². The van der Waals surface area contributed by atoms with Crippen molar-refractivity contribution in [3.05, 3.63) is 35.4 Å². The van der Waals surface area contributed by atoms with E-state index in [1.165, 1.54) is 30.4 Å². The largest absolute Gasteiger partial charge is 0.356 e. The SMILES string of the molecule is CCNC(=O)CCNCC1CCCc2ccccc21. The highest BCUT2D eigenvalue weighted by Crippen LogP contribution is 2.30. The highest BCUT2D eigenvalue weighted by Gasteiger charge is 2.18. The third kappa shape index (κ3) is 4.06. The molecule has 1 aliphatic carbocycles. The van der Waals surface area contributed by atoms with Gasteiger partial charge in [0.15, 0.2) is 0 Å². The van der Waals surface area contributed by atoms with Crippen molar-refractivity contribution in [1.29, 1.82) is 0 Å². The fourth-order valence-electron chi connectivity index (χ4n) is 2.83. The third-order valence-electron chi connectivity index (χ3n) is 3.79. The van der Waals surface area contributed by atoms with Crippen molar-refractivity contribution < 1.29 is 4.79 Å². The standard InChI is InChI=1S/C16H24N2O/c1-2-18-16(19)10-11-17-12-14-8-5-7-13-6-3-4-9-15(13)14/h3-4,6,9,14,17H,2,5,7-8,10-12H2,1H3,(H,18,19). The summed E-state index contributed by atoms with van der Waals surface area (Å²) in [6.07, 6.45) is 4.32. The Hall–Kier alpha value is -1.35. The predicted molar refractivity (Wildman–Crippen MR) is 78.3 cm³/mol. The number of hydrogen-bond acceptors (Lipinski definition) is 2. The second-order valence-electron chi connectivity index (χ2n) is 5.20. The van der Waals surface area contributed by atoms with Crippen LogP contribution in [0.1, 0.15) is 43.2 Å². The minimum absolute atomic E-state index is 0.138. The van der Waals surface area contributed by atoms with Gasteiger partial charge in [0.25, 0.3) is 0 Å². The Morgan fingerprint density at radius 1 is 1.37 bits per heavy atom. The maximum atomic E-state index is 11.3. The van der Waals surface area contributed by atoms with Gasteiger partial charge in [0.05, 0.1) is 0 Å². The van der Waals surface area contributed by atoms with Crippen LogP contribution in [0.2, 0.25) is 0 Å². The van der Waals surface area contributed by atoms with Gasteiger partial charge in [0.1, 0.15) is 0 Å². The van der Waals surface area contributed by atoms with Crippen LogP contribution < -0.4 is 10.6 Å². The number of fused-ring (bicyclic) bond motifs is 1. The van der Waals surface area contributed by atoms with E-state index >= 15 is 0 Å². The quantitative estimate of drug-likeness (QED) is 0.770. The number of carbonyl (C=O) groups is 1. The molecule has 2 N–H and O–H groups in total. The zero-order valence-electron chi connectivity index (χ0n) is 11.7. The first-order valence-corrected chi connectivity index (χ1v) is 7.36. The minimum Gasteiger partial charge on any atom is -0.356 e. The van der Waals surface area contributed by atoms with Crippen molar-refractivity contribution in [3.8, 4) is 0 Å². The molecule has 3 heteroatoms. The van der Waals surface area contributed by atoms with Crippen molar-refractivity contribution >= 4 is 5.91 Å². The van der Waals surface area contributed by atoms with Gasteiger partial charge in [-0.1, -0.05) is 24.3 Å². The lowest BCUT2D eigenvalue weighted by molar-refractivity contribution is -0.120. The molecule has 1 aromatic rings. The molecule has 1 aromatic carbocycles. The zero-order chi connectivity index (χ0) is 13.5. The average molecular weight is 260 g/mol. The lowest BCUT2D eigenvalue weighted by Crippen LogP contribution is -2.30. The predicted octanol–water partition coefficient (Wildman–Crippen LogP) is 2.22. The van der Waals surface area contributed by atoms with Gasteiger partial charge >= 0.3 is 0 Å². The van der Waals surface area contributed by atoms with E-state index < -0.39 is 0 Å². The Balaban J connectivity index is 1.77. The Labute approximate surface area is 115 Å². The number of hydrogen-bond donors (Lipinski definition) is 2. The Kier molecular flexibility index (Phi) is 5.40. The molecule has 0 heterocycles. The second kappa shape index (κ2) is 7.29. The molecule has 0 saturated carbocycles. The van der Waals surface area contributed by atoms with Crippen molar-refractivity contribution in [1.82, 2.24) is 10.6 Å². The van der Waals surface area contributed by atoms with E-state index in [1.807, 2.05) is 6.92 Å². The van der Waals surface area contributed by atoms with Crippen LogP contribution in [0.15, 0.2) is 24.3 Å². The van der Waals surface area contributed by atoms with E-state index in [1.54, 1.807) is 0 Å². The molecule has 3 nitrogen and oxygen atoms in total. The Bertz CT molecular complexity index is 417. The summed E-state index contributed by atoms with van der Waals surface area (Å²) in [7, 11) is 0. The first kappa shape index (κ1) is 14.1. The molecule has 1 unspecified atom stereocenters. The fourth-order valence-corrected chi connectivity index (χ4v) is 2.83. The number of rotatable bonds is 6. The van der Waals surface area contributed by atoms with Crippen LogP contribution in [-0.4, -0.2) is 25.5 Å². The van der Waals surface area contributed by atoms with Gasteiger partial charge in [-0.05, 0) is 43.2 Å². The van der Waals surface area contributed by atoms with E-state index in [4.69, 9.17) is 0 Å². The molecule has 2 rings (SSSR count). The van der Waals surface area contributed by atoms with Crippen LogP contribution in [-0.2, 0) is 11.2 Å². The molecular formula is C16H24N2O. The lowest BCUT2D eigenvalue weighted by Gasteiger charge is -2.25. The van der Waals surface area contributed by atoms with Gasteiger partial charge in [-0.15, -0.1) is 0 Å². The van der Waals surface area contributed by atoms with Gasteiger partial charge in [-0.2, -0.15) is 0 Å². The average Bonchev–Trinajstić information content (AvgIpc) is 2.44. The summed E-state index contributed by atoms with van der Waals surface area (Å²) in [6, 6.07) is 8.76. The number of benzene rings is 1. The maximum Gasteiger partial charge on any atom is 0.221 e. The molecule has 0 fully saturated rings. The minimum atomic E-state index is 0.138. The molecule has 0 aromatic heterocycles. The Morgan fingerprint density at radius 2 is 2.21 bits per heavy atom. The summed E-state index contributed by atoms with van der Waals surface area (Å²) in [6.45, 7) is 4.42. The second-order valence-corrected chi connectivity index (χ2v) is 5.20. The summed E-state index contributed by atoms with van der Waals surface area (Å²) < 4.78 is 0. The van der Waals surface area contributed by atoms with Crippen molar-refractivity contribution in [2.75, 3.05) is 19.6 Å². The van der Waals surface area contributed by atoms with E-state index in [0.717, 1.165) is 19.6 Å². The van der Waals surface area contributed by atoms with Crippen molar-refractivity contribution in [2.24, 2.45) is 0 Å². The third-order valence-corrected chi connectivity index (χ3v) is 3.79. The summed E-state index contributed by atoms with van der Waals surface area (Å²) in [5.41, 5.74) is 3.00. The molecule has 0 spiro atoms. The molecule has 0 aliphatic heterocycles. The molecule has 1 amide bonds. The number of nitrogens with one attached hydrogen (secondary N) is 2. The van der Waals surface area contributed by atoms with Gasteiger partial charge < -0.3 is 10.6 Å². The molecule has 19 heavy (non-hydrogen) atoms. The van der Waals surface area contributed by atoms with Crippen LogP contribution in [0, 0.1) is 0 Å². The molecule has 1 aliphatic rings. The summed E-state index contributed by atoms with van der Waals surface area (Å²) >= 11 is 0. The zero-order valence-corrected chi connectivity index (χ0v) is 11.7. The van der Waals surface area contributed by atoms with Crippen LogP contribution in [0.4, 0.5) is 0 Å². The van der Waals surface area contributed by atoms with Gasteiger partial charge in [-0.25, -0.2) is 0 Å². The van der Waals surface area contributed by atoms with Gasteiger partial charge in [0, 0.05) is 26.1 Å². The Morgan fingerprint density at radius 3 is 3.05 bits per heavy atom. The van der Waals surface area contributed by atoms with Crippen molar-refractivity contribution in [3.63, 3.8) is 0 Å². The van der Waals surface area contributed by atoms with Crippen LogP contribution >= 0.6 is 0 Å². The summed E-state index contributed by atoms with van der Waals surface area (Å²) in [4.78, 5) is 11.3. The number of carbonyl (C=O) groups excluding carboxylic acids is 1. The molecule has 0 saturated heterocycles. The highest BCUT2D eigenvalue weighted by molar-refractivity contribution is 5.75. The van der Waals surface area contributed by atoms with Gasteiger partial charge in [-0.3, -0.25) is 4.79 Å². The van der Waals surface area contributed by atoms with Crippen molar-refractivity contribution in [2.45, 2.75) is 38.5 Å². The van der Waals surface area contributed by atoms with Gasteiger partial charge in [0.2, 0.25) is 5.91 Å². The fraction of sp³-hybridized carbons (Fsp3) is 0.562. The molecular weight excluding hydrogens is 236 g/mol. The number of aryl methyl sites for hydroxylation is 1. The smallest absolute Gasteiger partial charge is 0.221 e. The molecule has 1 atom stereocenters. The molecule has 0 radical (unpaired) electrons. The lowest BCUT2D eigenvalue weighted by atomic mass is 9.83. The van der Waals surface area contributed by atoms with E-state index in [9.17, 15) is 4.79 Å². The monoisotopic (exact) mass is 260 g/mol. The normalized spacial score (nSPS) is 17.8. The van der Waals surface area contributed by atoms with Crippen LogP contribution in [0.25, 0.3) is 0 Å². The number of amides is 1. The molecule has 0 bridgehead atoms. The summed E-state index contributed by atoms with van der Waals surface area (Å²) in [5, 5.41) is 6.25. The van der Waals surface area contributed by atoms with E-state index in [0.29, 0.717) is 12.3 Å². The molecule has 104 valence electrons. The highest BCUT2D eigenvalue weighted by atomic mass is 16.1. The topological polar surface area (TPSA) is 41.1 Å². The van der Waals surface area contributed by atoms with Crippen LogP contribution in [0.5, 0.6) is 0 Å². The van der Waals surface area contributed by atoms with E-state index in [2.05, 4.69) is 34.9 Å². The first-order chi connectivity index (χ1) is 9.31. The maximum absolute atomic E-state index is 11.3. The first-order valence-electron chi connectivity index (χ1n) is 7.36. The van der Waals surface area contributed by atoms with E-state index in [-0.39, 0.29) is 5.91 Å². The summed E-state index contributed by atoms with van der Waals surface area (Å²) in [5.74, 6) is 0.748.